The Balaban J connectivity index is 2.70. The average Bonchev–Trinajstić information content (AvgIpc) is 2.92. The minimum atomic E-state index is -3.73. The van der Waals surface area contributed by atoms with Crippen molar-refractivity contribution < 1.29 is 13.2 Å². The number of aromatic nitrogens is 2. The van der Waals surface area contributed by atoms with Crippen molar-refractivity contribution in [2.75, 3.05) is 7.11 Å². The highest BCUT2D eigenvalue weighted by molar-refractivity contribution is 7.90. The van der Waals surface area contributed by atoms with Gasteiger partial charge in [0, 0.05) is 6.20 Å². The molecule has 1 heterocycles. The number of hydrogen-bond donors (Lipinski definition) is 0. The molecule has 0 unspecified atom stereocenters. The van der Waals surface area contributed by atoms with Crippen molar-refractivity contribution in [1.82, 2.24) is 9.19 Å². The lowest BCUT2D eigenvalue weighted by Gasteiger charge is -2.16. The van der Waals surface area contributed by atoms with E-state index in [1.165, 1.54) is 19.5 Å². The maximum absolute atomic E-state index is 12.6. The maximum atomic E-state index is 12.6. The Labute approximate surface area is 119 Å². The van der Waals surface area contributed by atoms with Crippen LogP contribution in [0.4, 0.5) is 0 Å². The van der Waals surface area contributed by atoms with Crippen LogP contribution in [0.3, 0.4) is 0 Å². The van der Waals surface area contributed by atoms with Gasteiger partial charge in [-0.05, 0) is 42.2 Å². The summed E-state index contributed by atoms with van der Waals surface area (Å²) in [5.41, 5.74) is 1.99. The fraction of sp³-hybridized carbons (Fsp3) is 0.357. The molecule has 0 amide bonds. The molecule has 0 spiro atoms. The molecule has 5 nitrogen and oxygen atoms in total. The number of rotatable bonds is 4. The number of hydrogen-bond acceptors (Lipinski definition) is 4. The molecule has 0 N–H and O–H groups in total. The predicted molar refractivity (Wildman–Crippen MR) is 76.6 cm³/mol. The van der Waals surface area contributed by atoms with Gasteiger partial charge in [-0.3, -0.25) is 0 Å². The second kappa shape index (κ2) is 5.28. The fourth-order valence-corrected chi connectivity index (χ4v) is 3.44. The fourth-order valence-electron chi connectivity index (χ4n) is 2.16. The Morgan fingerprint density at radius 1 is 1.30 bits per heavy atom. The molecule has 0 saturated heterocycles. The first-order valence-electron chi connectivity index (χ1n) is 6.31. The lowest BCUT2D eigenvalue weighted by atomic mass is 9.98. The van der Waals surface area contributed by atoms with Crippen molar-refractivity contribution in [2.24, 2.45) is 0 Å². The monoisotopic (exact) mass is 294 g/mol. The van der Waals surface area contributed by atoms with E-state index in [0.717, 1.165) is 15.2 Å². The van der Waals surface area contributed by atoms with Crippen molar-refractivity contribution in [1.29, 1.82) is 0 Å². The number of ether oxygens (including phenoxy) is 1. The summed E-state index contributed by atoms with van der Waals surface area (Å²) in [5.74, 6) is 0.565. The molecular formula is C14H18N2O3S. The largest absolute Gasteiger partial charge is 0.495 e. The van der Waals surface area contributed by atoms with Gasteiger partial charge in [0.2, 0.25) is 0 Å². The molecule has 20 heavy (non-hydrogen) atoms. The van der Waals surface area contributed by atoms with Gasteiger partial charge in [0.15, 0.2) is 0 Å². The molecule has 0 aliphatic rings. The van der Waals surface area contributed by atoms with Crippen molar-refractivity contribution in [3.63, 3.8) is 0 Å². The third-order valence-corrected chi connectivity index (χ3v) is 4.76. The molecule has 2 rings (SSSR count). The standard InChI is InChI=1S/C14H18N2O3S/c1-10(2)12-9-14(13(19-4)8-11(12)3)20(17,18)16-7-5-6-15-16/h5-10H,1-4H3. The van der Waals surface area contributed by atoms with Crippen LogP contribution >= 0.6 is 0 Å². The molecule has 0 fully saturated rings. The van der Waals surface area contributed by atoms with E-state index in [2.05, 4.69) is 5.10 Å². The molecule has 0 aliphatic carbocycles. The van der Waals surface area contributed by atoms with Gasteiger partial charge in [-0.15, -0.1) is 0 Å². The van der Waals surface area contributed by atoms with Crippen LogP contribution in [0.15, 0.2) is 35.5 Å². The Morgan fingerprint density at radius 2 is 2.00 bits per heavy atom. The van der Waals surface area contributed by atoms with E-state index in [1.807, 2.05) is 20.8 Å². The van der Waals surface area contributed by atoms with Crippen LogP contribution in [0.25, 0.3) is 0 Å². The molecule has 0 saturated carbocycles. The number of aryl methyl sites for hydroxylation is 1. The average molecular weight is 294 g/mol. The van der Waals surface area contributed by atoms with Crippen LogP contribution in [-0.2, 0) is 10.0 Å². The first-order chi connectivity index (χ1) is 9.37. The summed E-state index contributed by atoms with van der Waals surface area (Å²) in [4.78, 5) is 0.137. The van der Waals surface area contributed by atoms with Gasteiger partial charge in [-0.25, -0.2) is 0 Å². The van der Waals surface area contributed by atoms with Crippen molar-refractivity contribution in [3.05, 3.63) is 41.7 Å². The Bertz CT molecular complexity index is 704. The van der Waals surface area contributed by atoms with Gasteiger partial charge in [0.05, 0.1) is 13.3 Å². The first kappa shape index (κ1) is 14.6. The molecule has 1 aromatic heterocycles. The summed E-state index contributed by atoms with van der Waals surface area (Å²) in [6.07, 6.45) is 2.84. The van der Waals surface area contributed by atoms with Gasteiger partial charge in [0.25, 0.3) is 10.0 Å². The summed E-state index contributed by atoms with van der Waals surface area (Å²) < 4.78 is 31.3. The Morgan fingerprint density at radius 3 is 2.50 bits per heavy atom. The second-order valence-corrected chi connectivity index (χ2v) is 6.66. The highest BCUT2D eigenvalue weighted by Gasteiger charge is 2.24. The summed E-state index contributed by atoms with van der Waals surface area (Å²) in [7, 11) is -2.27. The molecular weight excluding hydrogens is 276 g/mol. The van der Waals surface area contributed by atoms with Crippen LogP contribution in [0.2, 0.25) is 0 Å². The van der Waals surface area contributed by atoms with E-state index in [9.17, 15) is 8.42 Å². The van der Waals surface area contributed by atoms with E-state index in [0.29, 0.717) is 5.75 Å². The topological polar surface area (TPSA) is 61.2 Å². The third kappa shape index (κ3) is 2.43. The smallest absolute Gasteiger partial charge is 0.286 e. The van der Waals surface area contributed by atoms with Crippen molar-refractivity contribution in [2.45, 2.75) is 31.6 Å². The minimum Gasteiger partial charge on any atom is -0.495 e. The van der Waals surface area contributed by atoms with E-state index >= 15 is 0 Å². The zero-order valence-corrected chi connectivity index (χ0v) is 12.8. The highest BCUT2D eigenvalue weighted by atomic mass is 32.2. The van der Waals surface area contributed by atoms with Crippen LogP contribution in [-0.4, -0.2) is 24.7 Å². The Hall–Kier alpha value is -1.82. The Kier molecular flexibility index (Phi) is 3.85. The number of methoxy groups -OCH3 is 1. The zero-order valence-electron chi connectivity index (χ0n) is 12.0. The lowest BCUT2D eigenvalue weighted by molar-refractivity contribution is 0.401. The zero-order chi connectivity index (χ0) is 14.9. The third-order valence-electron chi connectivity index (χ3n) is 3.18. The van der Waals surface area contributed by atoms with Gasteiger partial charge >= 0.3 is 0 Å². The number of benzene rings is 1. The van der Waals surface area contributed by atoms with E-state index in [-0.39, 0.29) is 10.8 Å². The van der Waals surface area contributed by atoms with E-state index < -0.39 is 10.0 Å². The SMILES string of the molecule is COc1cc(C)c(C(C)C)cc1S(=O)(=O)n1cccn1. The second-order valence-electron chi connectivity index (χ2n) is 4.90. The predicted octanol–water partition coefficient (Wildman–Crippen LogP) is 2.56. The molecule has 2 aromatic rings. The van der Waals surface area contributed by atoms with Gasteiger partial charge < -0.3 is 4.74 Å². The lowest BCUT2D eigenvalue weighted by Crippen LogP contribution is -2.15. The van der Waals surface area contributed by atoms with Crippen molar-refractivity contribution >= 4 is 10.0 Å². The molecule has 1 aromatic carbocycles. The molecule has 0 aliphatic heterocycles. The summed E-state index contributed by atoms with van der Waals surface area (Å²) in [6.45, 7) is 6.00. The van der Waals surface area contributed by atoms with Crippen molar-refractivity contribution in [3.8, 4) is 5.75 Å². The number of nitrogens with zero attached hydrogens (tertiary/aromatic N) is 2. The van der Waals surface area contributed by atoms with Crippen LogP contribution in [0.5, 0.6) is 5.75 Å². The van der Waals surface area contributed by atoms with Gasteiger partial charge in [-0.1, -0.05) is 13.8 Å². The van der Waals surface area contributed by atoms with Gasteiger partial charge in [0.1, 0.15) is 10.6 Å². The van der Waals surface area contributed by atoms with Gasteiger partial charge in [-0.2, -0.15) is 17.6 Å². The summed E-state index contributed by atoms with van der Waals surface area (Å²) >= 11 is 0. The van der Waals surface area contributed by atoms with Crippen LogP contribution in [0, 0.1) is 6.92 Å². The quantitative estimate of drug-likeness (QED) is 0.869. The summed E-state index contributed by atoms with van der Waals surface area (Å²) in [6, 6.07) is 5.00. The van der Waals surface area contributed by atoms with E-state index in [4.69, 9.17) is 4.74 Å². The van der Waals surface area contributed by atoms with Crippen LogP contribution < -0.4 is 4.74 Å². The molecule has 0 bridgehead atoms. The highest BCUT2D eigenvalue weighted by Crippen LogP contribution is 2.31. The molecule has 108 valence electrons. The molecule has 0 radical (unpaired) electrons. The van der Waals surface area contributed by atoms with Crippen LogP contribution in [0.1, 0.15) is 30.9 Å². The normalized spacial score (nSPS) is 11.8. The maximum Gasteiger partial charge on any atom is 0.286 e. The molecule has 0 atom stereocenters. The summed E-state index contributed by atoms with van der Waals surface area (Å²) in [5, 5.41) is 3.81. The van der Waals surface area contributed by atoms with E-state index in [1.54, 1.807) is 18.2 Å². The molecule has 6 heteroatoms. The first-order valence-corrected chi connectivity index (χ1v) is 7.75. The minimum absolute atomic E-state index is 0.137.